The number of ether oxygens (including phenoxy) is 2. The quantitative estimate of drug-likeness (QED) is 0.338. The maximum absolute atomic E-state index is 12.9. The van der Waals surface area contributed by atoms with Gasteiger partial charge in [-0.05, 0) is 51.0 Å². The van der Waals surface area contributed by atoms with Crippen molar-refractivity contribution in [3.63, 3.8) is 0 Å². The average Bonchev–Trinajstić information content (AvgIpc) is 2.66. The number of fused-ring (bicyclic) bond motifs is 2. The van der Waals surface area contributed by atoms with Crippen molar-refractivity contribution in [3.8, 4) is 5.75 Å². The molecule has 5 heteroatoms. The van der Waals surface area contributed by atoms with E-state index in [0.29, 0.717) is 11.1 Å². The minimum Gasteiger partial charge on any atom is -0.489 e. The normalized spacial score (nSPS) is 11.7. The predicted octanol–water partition coefficient (Wildman–Crippen LogP) is 5.08. The summed E-state index contributed by atoms with van der Waals surface area (Å²) in [6.07, 6.45) is 0.719. The first-order chi connectivity index (χ1) is 12.8. The molecule has 0 unspecified atom stereocenters. The molecule has 1 aromatic heterocycles. The molecule has 4 nitrogen and oxygen atoms in total. The van der Waals surface area contributed by atoms with Crippen LogP contribution in [-0.4, -0.2) is 19.2 Å². The van der Waals surface area contributed by atoms with Crippen molar-refractivity contribution < 1.29 is 14.3 Å². The number of hydrogen-bond donors (Lipinski definition) is 0. The maximum Gasteiger partial charge on any atom is 0.311 e. The average molecular weight is 384 g/mol. The molecular formula is C22H24O4S. The Hall–Kier alpha value is -2.40. The monoisotopic (exact) mass is 384 g/mol. The Kier molecular flexibility index (Phi) is 5.51. The number of carbonyl (C=O) groups is 1. The Morgan fingerprint density at radius 2 is 1.85 bits per heavy atom. The van der Waals surface area contributed by atoms with Crippen LogP contribution < -0.4 is 10.2 Å². The summed E-state index contributed by atoms with van der Waals surface area (Å²) in [7, 11) is 0. The number of carbonyl (C=O) groups excluding carboxylic acids is 1. The fourth-order valence-electron chi connectivity index (χ4n) is 2.77. The fraction of sp³-hybridized carbons (Fsp3) is 0.364. The third-order valence-electron chi connectivity index (χ3n) is 4.91. The van der Waals surface area contributed by atoms with Gasteiger partial charge in [0.15, 0.2) is 5.43 Å². The first kappa shape index (κ1) is 19.4. The molecule has 2 aromatic carbocycles. The van der Waals surface area contributed by atoms with Crippen molar-refractivity contribution in [3.05, 3.63) is 52.2 Å². The highest BCUT2D eigenvalue weighted by Crippen LogP contribution is 2.33. The molecule has 3 rings (SSSR count). The number of benzene rings is 2. The summed E-state index contributed by atoms with van der Waals surface area (Å²) in [6, 6.07) is 11.4. The highest BCUT2D eigenvalue weighted by Gasteiger charge is 2.26. The summed E-state index contributed by atoms with van der Waals surface area (Å²) in [5.74, 6) is 0.423. The Labute approximate surface area is 162 Å². The zero-order chi connectivity index (χ0) is 19.6. The summed E-state index contributed by atoms with van der Waals surface area (Å²) >= 11 is 1.55. The molecule has 3 aromatic rings. The minimum absolute atomic E-state index is 0.0263. The molecule has 0 amide bonds. The minimum atomic E-state index is -0.491. The number of rotatable bonds is 6. The van der Waals surface area contributed by atoms with Gasteiger partial charge in [0, 0.05) is 15.5 Å². The Balaban J connectivity index is 1.85. The van der Waals surface area contributed by atoms with E-state index in [4.69, 9.17) is 9.47 Å². The van der Waals surface area contributed by atoms with Crippen LogP contribution in [0.3, 0.4) is 0 Å². The number of hydrogen-bond acceptors (Lipinski definition) is 5. The number of aryl methyl sites for hydroxylation is 1. The zero-order valence-electron chi connectivity index (χ0n) is 16.1. The molecule has 0 aliphatic rings. The molecule has 1 heterocycles. The van der Waals surface area contributed by atoms with Crippen LogP contribution >= 0.6 is 11.3 Å². The highest BCUT2D eigenvalue weighted by molar-refractivity contribution is 7.24. The summed E-state index contributed by atoms with van der Waals surface area (Å²) in [4.78, 5) is 24.9. The van der Waals surface area contributed by atoms with Crippen molar-refractivity contribution in [2.24, 2.45) is 5.41 Å². The van der Waals surface area contributed by atoms with Gasteiger partial charge in [0.2, 0.25) is 0 Å². The zero-order valence-corrected chi connectivity index (χ0v) is 16.9. The summed E-state index contributed by atoms with van der Waals surface area (Å²) < 4.78 is 13.0. The largest absolute Gasteiger partial charge is 0.489 e. The van der Waals surface area contributed by atoms with Crippen LogP contribution in [0.1, 0.15) is 32.8 Å². The van der Waals surface area contributed by atoms with E-state index in [2.05, 4.69) is 0 Å². The molecule has 0 spiro atoms. The molecule has 0 aliphatic heterocycles. The summed E-state index contributed by atoms with van der Waals surface area (Å²) in [6.45, 7) is 8.06. The van der Waals surface area contributed by atoms with Crippen molar-refractivity contribution in [1.29, 1.82) is 0 Å². The molecular weight excluding hydrogens is 360 g/mol. The second kappa shape index (κ2) is 7.69. The van der Waals surface area contributed by atoms with Crippen LogP contribution in [0.4, 0.5) is 0 Å². The molecule has 142 valence electrons. The van der Waals surface area contributed by atoms with Gasteiger partial charge in [-0.2, -0.15) is 0 Å². The van der Waals surface area contributed by atoms with E-state index in [1.165, 1.54) is 0 Å². The molecule has 0 bridgehead atoms. The topological polar surface area (TPSA) is 52.6 Å². The van der Waals surface area contributed by atoms with Gasteiger partial charge >= 0.3 is 5.97 Å². The molecule has 0 N–H and O–H groups in total. The maximum atomic E-state index is 12.9. The standard InChI is InChI=1S/C22H24O4S/c1-5-22(3,4)21(24)26-13-12-25-16-11-10-14(2)18-19(23)15-8-6-7-9-17(15)27-20(16)18/h6-11H,5,12-13H2,1-4H3. The van der Waals surface area contributed by atoms with E-state index >= 15 is 0 Å². The van der Waals surface area contributed by atoms with Crippen LogP contribution in [0.2, 0.25) is 0 Å². The first-order valence-electron chi connectivity index (χ1n) is 9.10. The number of esters is 1. The summed E-state index contributed by atoms with van der Waals surface area (Å²) in [5.41, 5.74) is 0.466. The molecule has 0 radical (unpaired) electrons. The van der Waals surface area contributed by atoms with Gasteiger partial charge in [0.05, 0.1) is 10.1 Å². The van der Waals surface area contributed by atoms with E-state index < -0.39 is 5.41 Å². The van der Waals surface area contributed by atoms with Gasteiger partial charge in [-0.15, -0.1) is 11.3 Å². The lowest BCUT2D eigenvalue weighted by Gasteiger charge is -2.20. The lowest BCUT2D eigenvalue weighted by molar-refractivity contribution is -0.154. The molecule has 0 saturated heterocycles. The van der Waals surface area contributed by atoms with E-state index in [0.717, 1.165) is 26.8 Å². The van der Waals surface area contributed by atoms with Crippen LogP contribution in [0, 0.1) is 12.3 Å². The molecule has 27 heavy (non-hydrogen) atoms. The molecule has 0 saturated carbocycles. The molecule has 0 atom stereocenters. The van der Waals surface area contributed by atoms with E-state index in [1.54, 1.807) is 11.3 Å². The molecule has 0 fully saturated rings. The first-order valence-corrected chi connectivity index (χ1v) is 9.92. The van der Waals surface area contributed by atoms with E-state index in [-0.39, 0.29) is 24.6 Å². The fourth-order valence-corrected chi connectivity index (χ4v) is 3.99. The molecule has 0 aliphatic carbocycles. The highest BCUT2D eigenvalue weighted by atomic mass is 32.1. The van der Waals surface area contributed by atoms with Gasteiger partial charge in [-0.25, -0.2) is 0 Å². The van der Waals surface area contributed by atoms with E-state index in [1.807, 2.05) is 64.1 Å². The van der Waals surface area contributed by atoms with Gasteiger partial charge in [-0.1, -0.05) is 25.1 Å². The Bertz CT molecular complexity index is 1050. The second-order valence-electron chi connectivity index (χ2n) is 7.23. The SMILES string of the molecule is CCC(C)(C)C(=O)OCCOc1ccc(C)c2c(=O)c3ccccc3sc12. The van der Waals surface area contributed by atoms with Crippen molar-refractivity contribution in [2.75, 3.05) is 13.2 Å². The van der Waals surface area contributed by atoms with Gasteiger partial charge in [-0.3, -0.25) is 9.59 Å². The van der Waals surface area contributed by atoms with Gasteiger partial charge in [0.1, 0.15) is 19.0 Å². The Morgan fingerprint density at radius 1 is 1.11 bits per heavy atom. The third-order valence-corrected chi connectivity index (χ3v) is 6.10. The van der Waals surface area contributed by atoms with Crippen LogP contribution in [0.15, 0.2) is 41.2 Å². The van der Waals surface area contributed by atoms with Crippen LogP contribution in [0.25, 0.3) is 20.2 Å². The Morgan fingerprint density at radius 3 is 2.59 bits per heavy atom. The lowest BCUT2D eigenvalue weighted by atomic mass is 9.91. The van der Waals surface area contributed by atoms with Gasteiger partial charge < -0.3 is 9.47 Å². The van der Waals surface area contributed by atoms with E-state index in [9.17, 15) is 9.59 Å². The smallest absolute Gasteiger partial charge is 0.311 e. The van der Waals surface area contributed by atoms with Crippen LogP contribution in [-0.2, 0) is 9.53 Å². The summed E-state index contributed by atoms with van der Waals surface area (Å²) in [5, 5.41) is 1.42. The second-order valence-corrected chi connectivity index (χ2v) is 8.29. The lowest BCUT2D eigenvalue weighted by Crippen LogP contribution is -2.27. The van der Waals surface area contributed by atoms with Crippen LogP contribution in [0.5, 0.6) is 5.75 Å². The predicted molar refractivity (Wildman–Crippen MR) is 111 cm³/mol. The van der Waals surface area contributed by atoms with Crippen molar-refractivity contribution in [1.82, 2.24) is 0 Å². The van der Waals surface area contributed by atoms with Crippen molar-refractivity contribution >= 4 is 37.5 Å². The third kappa shape index (κ3) is 3.83. The van der Waals surface area contributed by atoms with Crippen molar-refractivity contribution in [2.45, 2.75) is 34.1 Å². The van der Waals surface area contributed by atoms with Gasteiger partial charge in [0.25, 0.3) is 0 Å².